The number of hydrogen-bond donors (Lipinski definition) is 3. The van der Waals surface area contributed by atoms with E-state index in [1.54, 1.807) is 0 Å². The first kappa shape index (κ1) is 19.7. The van der Waals surface area contributed by atoms with Gasteiger partial charge in [0.2, 0.25) is 5.91 Å². The van der Waals surface area contributed by atoms with Crippen LogP contribution in [0.3, 0.4) is 0 Å². The normalized spacial score (nSPS) is 10.0. The summed E-state index contributed by atoms with van der Waals surface area (Å²) in [4.78, 5) is 35.3. The molecule has 0 saturated heterocycles. The van der Waals surface area contributed by atoms with Crippen LogP contribution in [0.25, 0.3) is 0 Å². The first-order valence-corrected chi connectivity index (χ1v) is 7.76. The van der Waals surface area contributed by atoms with Gasteiger partial charge in [0.05, 0.1) is 13.7 Å². The summed E-state index contributed by atoms with van der Waals surface area (Å²) in [5, 5.41) is 14.6. The fraction of sp³-hybridized carbons (Fsp3) is 0.167. The molecule has 9 heteroatoms. The monoisotopic (exact) mass is 376 g/mol. The Hall–Kier alpha value is -3.62. The molecule has 0 saturated carbocycles. The van der Waals surface area contributed by atoms with E-state index in [1.165, 1.54) is 49.6 Å². The number of esters is 1. The van der Waals surface area contributed by atoms with E-state index in [-0.39, 0.29) is 17.9 Å². The Balaban J connectivity index is 1.78. The Labute approximate surface area is 153 Å². The number of carbonyl (C=O) groups excluding carboxylic acids is 3. The van der Waals surface area contributed by atoms with Crippen molar-refractivity contribution in [2.24, 2.45) is 0 Å². The second-order valence-corrected chi connectivity index (χ2v) is 5.26. The summed E-state index contributed by atoms with van der Waals surface area (Å²) < 4.78 is 22.5. The Morgan fingerprint density at radius 1 is 1.07 bits per heavy atom. The highest BCUT2D eigenvalue weighted by Crippen LogP contribution is 2.29. The number of ether oxygens (including phenoxy) is 2. The number of benzene rings is 2. The van der Waals surface area contributed by atoms with E-state index in [4.69, 9.17) is 9.47 Å². The number of phenols is 1. The number of methoxy groups -OCH3 is 1. The van der Waals surface area contributed by atoms with Crippen molar-refractivity contribution in [3.63, 3.8) is 0 Å². The molecule has 0 fully saturated rings. The summed E-state index contributed by atoms with van der Waals surface area (Å²) >= 11 is 0. The molecule has 8 nitrogen and oxygen atoms in total. The molecule has 2 amide bonds. The Kier molecular flexibility index (Phi) is 6.70. The third-order valence-electron chi connectivity index (χ3n) is 3.35. The van der Waals surface area contributed by atoms with E-state index in [0.717, 1.165) is 0 Å². The molecule has 0 aliphatic carbocycles. The van der Waals surface area contributed by atoms with Crippen LogP contribution in [0.4, 0.5) is 10.1 Å². The molecular weight excluding hydrogens is 359 g/mol. The fourth-order valence-corrected chi connectivity index (χ4v) is 2.03. The van der Waals surface area contributed by atoms with E-state index in [0.29, 0.717) is 5.69 Å². The van der Waals surface area contributed by atoms with Crippen LogP contribution in [0, 0.1) is 5.82 Å². The lowest BCUT2D eigenvalue weighted by Gasteiger charge is -2.09. The molecule has 27 heavy (non-hydrogen) atoms. The maximum atomic E-state index is 12.8. The highest BCUT2D eigenvalue weighted by molar-refractivity contribution is 5.96. The van der Waals surface area contributed by atoms with Crippen molar-refractivity contribution < 1.29 is 33.4 Å². The van der Waals surface area contributed by atoms with Gasteiger partial charge in [0.25, 0.3) is 5.91 Å². The lowest BCUT2D eigenvalue weighted by atomic mass is 10.2. The van der Waals surface area contributed by atoms with Crippen LogP contribution < -0.4 is 15.4 Å². The molecule has 142 valence electrons. The summed E-state index contributed by atoms with van der Waals surface area (Å²) in [6.07, 6.45) is 0. The number of phenolic OH excluding ortho intramolecular Hbond substituents is 1. The quantitative estimate of drug-likeness (QED) is 0.631. The predicted molar refractivity (Wildman–Crippen MR) is 93.0 cm³/mol. The number of anilines is 1. The van der Waals surface area contributed by atoms with Crippen molar-refractivity contribution in [1.29, 1.82) is 0 Å². The van der Waals surface area contributed by atoms with Crippen LogP contribution >= 0.6 is 0 Å². The van der Waals surface area contributed by atoms with Gasteiger partial charge in [-0.2, -0.15) is 0 Å². The van der Waals surface area contributed by atoms with Crippen LogP contribution in [0.2, 0.25) is 0 Å². The van der Waals surface area contributed by atoms with Gasteiger partial charge in [0.15, 0.2) is 18.1 Å². The van der Waals surface area contributed by atoms with Gasteiger partial charge in [-0.1, -0.05) is 6.07 Å². The van der Waals surface area contributed by atoms with Crippen LogP contribution in [0.1, 0.15) is 10.4 Å². The molecule has 2 aromatic carbocycles. The second-order valence-electron chi connectivity index (χ2n) is 5.26. The minimum Gasteiger partial charge on any atom is -0.504 e. The highest BCUT2D eigenvalue weighted by atomic mass is 19.1. The van der Waals surface area contributed by atoms with E-state index in [1.807, 2.05) is 0 Å². The van der Waals surface area contributed by atoms with Crippen LogP contribution in [0.15, 0.2) is 42.5 Å². The second kappa shape index (κ2) is 9.18. The number of nitrogens with one attached hydrogen (secondary N) is 2. The van der Waals surface area contributed by atoms with Crippen molar-refractivity contribution in [3.8, 4) is 11.5 Å². The molecule has 0 unspecified atom stereocenters. The van der Waals surface area contributed by atoms with Crippen molar-refractivity contribution >= 4 is 23.5 Å². The lowest BCUT2D eigenvalue weighted by molar-refractivity contribution is -0.126. The molecule has 0 aliphatic rings. The zero-order valence-corrected chi connectivity index (χ0v) is 14.3. The summed E-state index contributed by atoms with van der Waals surface area (Å²) in [6, 6.07) is 9.36. The third kappa shape index (κ3) is 5.70. The topological polar surface area (TPSA) is 114 Å². The summed E-state index contributed by atoms with van der Waals surface area (Å²) in [6.45, 7) is -1.00. The zero-order valence-electron chi connectivity index (χ0n) is 14.3. The van der Waals surface area contributed by atoms with Crippen LogP contribution in [-0.2, 0) is 14.3 Å². The van der Waals surface area contributed by atoms with Gasteiger partial charge in [-0.15, -0.1) is 0 Å². The molecule has 2 rings (SSSR count). The third-order valence-corrected chi connectivity index (χ3v) is 3.35. The van der Waals surface area contributed by atoms with E-state index in [9.17, 15) is 23.9 Å². The number of aromatic hydroxyl groups is 1. The SMILES string of the molecule is COc1cccc(C(=O)OCC(=O)NCC(=O)Nc2ccc(F)cc2)c1O. The van der Waals surface area contributed by atoms with Gasteiger partial charge < -0.3 is 25.2 Å². The van der Waals surface area contributed by atoms with E-state index < -0.39 is 36.0 Å². The number of rotatable bonds is 7. The zero-order chi connectivity index (χ0) is 19.8. The maximum Gasteiger partial charge on any atom is 0.342 e. The minimum absolute atomic E-state index is 0.0892. The largest absolute Gasteiger partial charge is 0.504 e. The van der Waals surface area contributed by atoms with Crippen LogP contribution in [-0.4, -0.2) is 43.2 Å². The average molecular weight is 376 g/mol. The van der Waals surface area contributed by atoms with Crippen molar-refractivity contribution in [2.75, 3.05) is 25.6 Å². The van der Waals surface area contributed by atoms with Gasteiger partial charge in [0, 0.05) is 5.69 Å². The summed E-state index contributed by atoms with van der Waals surface area (Å²) in [5.74, 6) is -2.91. The molecule has 3 N–H and O–H groups in total. The van der Waals surface area contributed by atoms with E-state index in [2.05, 4.69) is 10.6 Å². The van der Waals surface area contributed by atoms with Gasteiger partial charge in [-0.3, -0.25) is 9.59 Å². The standard InChI is InChI=1S/C18H17FN2O6/c1-26-14-4-2-3-13(17(14)24)18(25)27-10-16(23)20-9-15(22)21-12-7-5-11(19)6-8-12/h2-8,24H,9-10H2,1H3,(H,20,23)(H,21,22). The highest BCUT2D eigenvalue weighted by Gasteiger charge is 2.17. The molecule has 0 atom stereocenters. The number of hydrogen-bond acceptors (Lipinski definition) is 6. The Bertz CT molecular complexity index is 838. The smallest absolute Gasteiger partial charge is 0.342 e. The Morgan fingerprint density at radius 2 is 1.78 bits per heavy atom. The lowest BCUT2D eigenvalue weighted by Crippen LogP contribution is -2.35. The molecule has 0 heterocycles. The summed E-state index contributed by atoms with van der Waals surface area (Å²) in [7, 11) is 1.33. The summed E-state index contributed by atoms with van der Waals surface area (Å²) in [5.41, 5.74) is 0.215. The first-order chi connectivity index (χ1) is 12.9. The number of carbonyl (C=O) groups is 3. The molecule has 0 bridgehead atoms. The van der Waals surface area contributed by atoms with Crippen molar-refractivity contribution in [1.82, 2.24) is 5.32 Å². The Morgan fingerprint density at radius 3 is 2.44 bits per heavy atom. The molecule has 2 aromatic rings. The van der Waals surface area contributed by atoms with Crippen molar-refractivity contribution in [2.45, 2.75) is 0 Å². The minimum atomic E-state index is -0.919. The molecule has 0 spiro atoms. The van der Waals surface area contributed by atoms with Gasteiger partial charge in [-0.05, 0) is 36.4 Å². The predicted octanol–water partition coefficient (Wildman–Crippen LogP) is 1.45. The molecule has 0 radical (unpaired) electrons. The molecular formula is C18H17FN2O6. The first-order valence-electron chi connectivity index (χ1n) is 7.76. The van der Waals surface area contributed by atoms with Crippen LogP contribution in [0.5, 0.6) is 11.5 Å². The fourth-order valence-electron chi connectivity index (χ4n) is 2.03. The number of amides is 2. The van der Waals surface area contributed by atoms with Crippen molar-refractivity contribution in [3.05, 3.63) is 53.8 Å². The van der Waals surface area contributed by atoms with E-state index >= 15 is 0 Å². The van der Waals surface area contributed by atoms with Gasteiger partial charge in [-0.25, -0.2) is 9.18 Å². The average Bonchev–Trinajstić information content (AvgIpc) is 2.66. The van der Waals surface area contributed by atoms with Gasteiger partial charge >= 0.3 is 5.97 Å². The molecule has 0 aromatic heterocycles. The number of halogens is 1. The molecule has 0 aliphatic heterocycles. The van der Waals surface area contributed by atoms with Gasteiger partial charge in [0.1, 0.15) is 11.4 Å². The number of para-hydroxylation sites is 1. The maximum absolute atomic E-state index is 12.8.